The number of nitrogens with zero attached hydrogens (tertiary/aromatic N) is 2. The zero-order valence-corrected chi connectivity index (χ0v) is 13.1. The molecule has 1 unspecified atom stereocenters. The van der Waals surface area contributed by atoms with Gasteiger partial charge in [0.15, 0.2) is 0 Å². The van der Waals surface area contributed by atoms with Crippen molar-refractivity contribution in [1.29, 1.82) is 0 Å². The monoisotopic (exact) mass is 337 g/mol. The Labute approximate surface area is 126 Å². The lowest BCUT2D eigenvalue weighted by Gasteiger charge is -2.18. The fraction of sp³-hybridized carbons (Fsp3) is 0.286. The predicted molar refractivity (Wildman–Crippen MR) is 80.2 cm³/mol. The van der Waals surface area contributed by atoms with Gasteiger partial charge in [-0.25, -0.2) is 4.98 Å². The molecular formula is C14H16BrN3O2. The Balaban J connectivity index is 2.46. The number of halogens is 1. The topological polar surface area (TPSA) is 56.3 Å². The molecule has 6 heteroatoms. The molecule has 0 aliphatic rings. The molecule has 0 fully saturated rings. The van der Waals surface area contributed by atoms with Gasteiger partial charge in [0.1, 0.15) is 5.69 Å². The van der Waals surface area contributed by atoms with Crippen LogP contribution >= 0.6 is 15.9 Å². The summed E-state index contributed by atoms with van der Waals surface area (Å²) in [5.41, 5.74) is 1.79. The standard InChI is InChI=1S/C14H16BrN3O2/c1-16-12(9-5-4-6-10(15)7-9)13-14(20-3)18-11(19-2)8-17-13/h4-8,12,16H,1-3H3. The number of ether oxygens (including phenoxy) is 2. The quantitative estimate of drug-likeness (QED) is 0.908. The van der Waals surface area contributed by atoms with Gasteiger partial charge in [-0.1, -0.05) is 28.1 Å². The first-order valence-corrected chi connectivity index (χ1v) is 6.86. The minimum atomic E-state index is -0.110. The zero-order valence-electron chi connectivity index (χ0n) is 11.6. The second kappa shape index (κ2) is 6.67. The maximum atomic E-state index is 5.32. The summed E-state index contributed by atoms with van der Waals surface area (Å²) >= 11 is 3.48. The van der Waals surface area contributed by atoms with Gasteiger partial charge in [-0.2, -0.15) is 4.98 Å². The van der Waals surface area contributed by atoms with E-state index in [2.05, 4.69) is 31.2 Å². The molecule has 0 saturated carbocycles. The summed E-state index contributed by atoms with van der Waals surface area (Å²) in [5.74, 6) is 0.873. The lowest BCUT2D eigenvalue weighted by Crippen LogP contribution is -2.20. The molecule has 0 aliphatic carbocycles. The van der Waals surface area contributed by atoms with Gasteiger partial charge in [-0.05, 0) is 24.7 Å². The van der Waals surface area contributed by atoms with Crippen LogP contribution in [0.2, 0.25) is 0 Å². The molecule has 2 rings (SSSR count). The van der Waals surface area contributed by atoms with Crippen molar-refractivity contribution in [3.05, 3.63) is 46.2 Å². The number of benzene rings is 1. The fourth-order valence-corrected chi connectivity index (χ4v) is 2.38. The average Bonchev–Trinajstić information content (AvgIpc) is 2.48. The summed E-state index contributed by atoms with van der Waals surface area (Å²) in [6.45, 7) is 0. The third-order valence-electron chi connectivity index (χ3n) is 2.89. The molecule has 0 bridgehead atoms. The zero-order chi connectivity index (χ0) is 14.5. The van der Waals surface area contributed by atoms with Gasteiger partial charge in [-0.3, -0.25) is 0 Å². The smallest absolute Gasteiger partial charge is 0.240 e. The van der Waals surface area contributed by atoms with Crippen LogP contribution in [0.3, 0.4) is 0 Å². The third kappa shape index (κ3) is 3.08. The van der Waals surface area contributed by atoms with Gasteiger partial charge < -0.3 is 14.8 Å². The molecular weight excluding hydrogens is 322 g/mol. The second-order valence-electron chi connectivity index (χ2n) is 4.08. The van der Waals surface area contributed by atoms with E-state index >= 15 is 0 Å². The van der Waals surface area contributed by atoms with E-state index in [4.69, 9.17) is 9.47 Å². The number of methoxy groups -OCH3 is 2. The molecule has 1 aromatic heterocycles. The van der Waals surface area contributed by atoms with Crippen molar-refractivity contribution in [2.75, 3.05) is 21.3 Å². The molecule has 106 valence electrons. The number of hydrogen-bond donors (Lipinski definition) is 1. The average molecular weight is 338 g/mol. The first-order valence-electron chi connectivity index (χ1n) is 6.07. The van der Waals surface area contributed by atoms with Crippen LogP contribution in [0, 0.1) is 0 Å². The van der Waals surface area contributed by atoms with E-state index in [0.29, 0.717) is 17.5 Å². The van der Waals surface area contributed by atoms with Crippen molar-refractivity contribution in [2.24, 2.45) is 0 Å². The van der Waals surface area contributed by atoms with Gasteiger partial charge in [0.2, 0.25) is 11.8 Å². The van der Waals surface area contributed by atoms with Crippen LogP contribution in [-0.4, -0.2) is 31.2 Å². The minimum Gasteiger partial charge on any atom is -0.480 e. The highest BCUT2D eigenvalue weighted by Gasteiger charge is 2.20. The lowest BCUT2D eigenvalue weighted by molar-refractivity contribution is 0.353. The Kier molecular flexibility index (Phi) is 4.92. The molecule has 0 spiro atoms. The number of rotatable bonds is 5. The van der Waals surface area contributed by atoms with E-state index in [1.54, 1.807) is 20.4 Å². The van der Waals surface area contributed by atoms with E-state index in [9.17, 15) is 0 Å². The Morgan fingerprint density at radius 2 is 2.05 bits per heavy atom. The van der Waals surface area contributed by atoms with Crippen LogP contribution < -0.4 is 14.8 Å². The van der Waals surface area contributed by atoms with Crippen molar-refractivity contribution in [3.63, 3.8) is 0 Å². The molecule has 0 saturated heterocycles. The Bertz CT molecular complexity index is 592. The molecule has 1 atom stereocenters. The van der Waals surface area contributed by atoms with Gasteiger partial charge in [0, 0.05) is 4.47 Å². The van der Waals surface area contributed by atoms with Gasteiger partial charge in [0.25, 0.3) is 0 Å². The van der Waals surface area contributed by atoms with Crippen LogP contribution in [-0.2, 0) is 0 Å². The number of hydrogen-bond acceptors (Lipinski definition) is 5. The predicted octanol–water partition coefficient (Wildman–Crippen LogP) is 2.57. The molecule has 1 aromatic carbocycles. The fourth-order valence-electron chi connectivity index (χ4n) is 1.96. The van der Waals surface area contributed by atoms with E-state index in [-0.39, 0.29) is 6.04 Å². The lowest BCUT2D eigenvalue weighted by atomic mass is 10.0. The highest BCUT2D eigenvalue weighted by atomic mass is 79.9. The molecule has 0 amide bonds. The summed E-state index contributed by atoms with van der Waals surface area (Å²) in [5, 5.41) is 3.23. The van der Waals surface area contributed by atoms with E-state index < -0.39 is 0 Å². The van der Waals surface area contributed by atoms with Crippen molar-refractivity contribution < 1.29 is 9.47 Å². The molecule has 20 heavy (non-hydrogen) atoms. The maximum absolute atomic E-state index is 5.32. The van der Waals surface area contributed by atoms with Crippen LogP contribution in [0.1, 0.15) is 17.3 Å². The van der Waals surface area contributed by atoms with E-state index in [1.165, 1.54) is 0 Å². The van der Waals surface area contributed by atoms with Crippen LogP contribution in [0.4, 0.5) is 0 Å². The van der Waals surface area contributed by atoms with Gasteiger partial charge >= 0.3 is 0 Å². The molecule has 1 heterocycles. The molecule has 5 nitrogen and oxygen atoms in total. The van der Waals surface area contributed by atoms with Crippen molar-refractivity contribution in [2.45, 2.75) is 6.04 Å². The Morgan fingerprint density at radius 3 is 2.65 bits per heavy atom. The molecule has 0 aliphatic heterocycles. The molecule has 0 radical (unpaired) electrons. The largest absolute Gasteiger partial charge is 0.480 e. The van der Waals surface area contributed by atoms with Crippen LogP contribution in [0.5, 0.6) is 11.8 Å². The maximum Gasteiger partial charge on any atom is 0.240 e. The Hall–Kier alpha value is -1.66. The van der Waals surface area contributed by atoms with Crippen LogP contribution in [0.15, 0.2) is 34.9 Å². The normalized spacial score (nSPS) is 12.0. The van der Waals surface area contributed by atoms with Gasteiger partial charge in [0.05, 0.1) is 26.5 Å². The molecule has 2 aromatic rings. The summed E-state index contributed by atoms with van der Waals surface area (Å²) < 4.78 is 11.4. The first-order chi connectivity index (χ1) is 9.69. The van der Waals surface area contributed by atoms with Crippen molar-refractivity contribution >= 4 is 15.9 Å². The number of aromatic nitrogens is 2. The minimum absolute atomic E-state index is 0.110. The first kappa shape index (κ1) is 14.7. The summed E-state index contributed by atoms with van der Waals surface area (Å²) in [6, 6.07) is 7.91. The van der Waals surface area contributed by atoms with E-state index in [0.717, 1.165) is 10.0 Å². The highest BCUT2D eigenvalue weighted by molar-refractivity contribution is 9.10. The van der Waals surface area contributed by atoms with Crippen molar-refractivity contribution in [3.8, 4) is 11.8 Å². The SMILES string of the molecule is CNC(c1cccc(Br)c1)c1ncc(OC)nc1OC. The third-order valence-corrected chi connectivity index (χ3v) is 3.38. The number of nitrogens with one attached hydrogen (secondary N) is 1. The second-order valence-corrected chi connectivity index (χ2v) is 5.00. The Morgan fingerprint density at radius 1 is 1.25 bits per heavy atom. The van der Waals surface area contributed by atoms with Gasteiger partial charge in [-0.15, -0.1) is 0 Å². The van der Waals surface area contributed by atoms with Crippen molar-refractivity contribution in [1.82, 2.24) is 15.3 Å². The van der Waals surface area contributed by atoms with Crippen LogP contribution in [0.25, 0.3) is 0 Å². The molecule has 1 N–H and O–H groups in total. The summed E-state index contributed by atoms with van der Waals surface area (Å²) in [7, 11) is 4.99. The summed E-state index contributed by atoms with van der Waals surface area (Å²) in [6.07, 6.45) is 1.58. The summed E-state index contributed by atoms with van der Waals surface area (Å²) in [4.78, 5) is 8.68. The highest BCUT2D eigenvalue weighted by Crippen LogP contribution is 2.29. The van der Waals surface area contributed by atoms with E-state index in [1.807, 2.05) is 31.3 Å².